The van der Waals surface area contributed by atoms with Crippen LogP contribution in [0.2, 0.25) is 0 Å². The highest BCUT2D eigenvalue weighted by Gasteiger charge is 1.98. The first-order valence-electron chi connectivity index (χ1n) is 6.96. The summed E-state index contributed by atoms with van der Waals surface area (Å²) in [7, 11) is 0. The number of unbranched alkanes of at least 4 members (excludes halogenated alkanes) is 3. The van der Waals surface area contributed by atoms with Gasteiger partial charge in [0.15, 0.2) is 0 Å². The van der Waals surface area contributed by atoms with Gasteiger partial charge in [-0.3, -0.25) is 0 Å². The van der Waals surface area contributed by atoms with Crippen LogP contribution in [-0.2, 0) is 0 Å². The van der Waals surface area contributed by atoms with E-state index in [-0.39, 0.29) is 0 Å². The zero-order valence-corrected chi connectivity index (χ0v) is 11.5. The molecule has 0 N–H and O–H groups in total. The summed E-state index contributed by atoms with van der Waals surface area (Å²) in [4.78, 5) is 0. The van der Waals surface area contributed by atoms with Crippen molar-refractivity contribution in [1.82, 2.24) is 0 Å². The summed E-state index contributed by atoms with van der Waals surface area (Å²) >= 11 is 0. The molecule has 19 heavy (non-hydrogen) atoms. The van der Waals surface area contributed by atoms with Gasteiger partial charge in [-0.1, -0.05) is 44.2 Å². The monoisotopic (exact) mass is 252 g/mol. The van der Waals surface area contributed by atoms with E-state index in [1.807, 2.05) is 18.2 Å². The van der Waals surface area contributed by atoms with E-state index >= 15 is 0 Å². The highest BCUT2D eigenvalue weighted by Crippen LogP contribution is 2.22. The van der Waals surface area contributed by atoms with Crippen LogP contribution in [0.4, 0.5) is 0 Å². The number of hydrogen-bond acceptors (Lipinski definition) is 1. The van der Waals surface area contributed by atoms with Crippen LogP contribution in [0.1, 0.15) is 38.2 Å². The van der Waals surface area contributed by atoms with Gasteiger partial charge in [-0.25, -0.2) is 0 Å². The topological polar surface area (TPSA) is 9.23 Å². The predicted molar refractivity (Wildman–Crippen MR) is 81.5 cm³/mol. The lowest BCUT2D eigenvalue weighted by Gasteiger charge is -2.07. The maximum absolute atomic E-state index is 5.78. The van der Waals surface area contributed by atoms with Crippen molar-refractivity contribution in [1.29, 1.82) is 0 Å². The number of ether oxygens (including phenoxy) is 1. The maximum Gasteiger partial charge on any atom is 0.119 e. The predicted octanol–water partition coefficient (Wildman–Crippen LogP) is 4.78. The van der Waals surface area contributed by atoms with Gasteiger partial charge in [0.05, 0.1) is 6.61 Å². The van der Waals surface area contributed by atoms with Crippen molar-refractivity contribution < 1.29 is 4.74 Å². The summed E-state index contributed by atoms with van der Waals surface area (Å²) in [6.45, 7) is 3.02. The first-order valence-corrected chi connectivity index (χ1v) is 6.96. The summed E-state index contributed by atoms with van der Waals surface area (Å²) in [5.74, 6) is 3.60. The van der Waals surface area contributed by atoms with Crippen molar-refractivity contribution in [3.05, 3.63) is 42.0 Å². The lowest BCUT2D eigenvalue weighted by atomic mass is 10.1. The SMILES string of the molecule is C#Cc1ccc2cc(OCCCCCC)ccc2c1. The fourth-order valence-electron chi connectivity index (χ4n) is 2.12. The Balaban J connectivity index is 2.00. The minimum atomic E-state index is 0.800. The molecular weight excluding hydrogens is 232 g/mol. The average molecular weight is 252 g/mol. The third-order valence-corrected chi connectivity index (χ3v) is 3.24. The van der Waals surface area contributed by atoms with Gasteiger partial charge in [-0.2, -0.15) is 0 Å². The maximum atomic E-state index is 5.78. The molecule has 0 unspecified atom stereocenters. The molecule has 0 fully saturated rings. The summed E-state index contributed by atoms with van der Waals surface area (Å²) in [5, 5.41) is 2.33. The second-order valence-electron chi connectivity index (χ2n) is 4.78. The Bertz CT molecular complexity index is 578. The smallest absolute Gasteiger partial charge is 0.119 e. The standard InChI is InChI=1S/C18H20O/c1-3-5-6-7-12-19-18-11-10-16-13-15(4-2)8-9-17(16)14-18/h2,8-11,13-14H,3,5-7,12H2,1H3. The van der Waals surface area contributed by atoms with Crippen LogP contribution in [-0.4, -0.2) is 6.61 Å². The minimum Gasteiger partial charge on any atom is -0.494 e. The van der Waals surface area contributed by atoms with E-state index in [0.29, 0.717) is 0 Å². The molecule has 0 aliphatic heterocycles. The number of hydrogen-bond donors (Lipinski definition) is 0. The number of rotatable bonds is 6. The molecule has 0 bridgehead atoms. The Kier molecular flexibility index (Phi) is 4.86. The normalized spacial score (nSPS) is 10.3. The van der Waals surface area contributed by atoms with Crippen molar-refractivity contribution in [3.63, 3.8) is 0 Å². The second kappa shape index (κ2) is 6.85. The largest absolute Gasteiger partial charge is 0.494 e. The van der Waals surface area contributed by atoms with E-state index in [1.165, 1.54) is 24.6 Å². The van der Waals surface area contributed by atoms with Crippen LogP contribution in [0.25, 0.3) is 10.8 Å². The van der Waals surface area contributed by atoms with E-state index in [1.54, 1.807) is 0 Å². The Morgan fingerprint density at radius 3 is 2.58 bits per heavy atom. The molecule has 2 rings (SSSR count). The summed E-state index contributed by atoms with van der Waals surface area (Å²) < 4.78 is 5.78. The molecule has 1 nitrogen and oxygen atoms in total. The van der Waals surface area contributed by atoms with E-state index in [4.69, 9.17) is 11.2 Å². The fraction of sp³-hybridized carbons (Fsp3) is 0.333. The molecule has 0 saturated heterocycles. The van der Waals surface area contributed by atoms with Crippen molar-refractivity contribution in [3.8, 4) is 18.1 Å². The van der Waals surface area contributed by atoms with Crippen molar-refractivity contribution >= 4 is 10.8 Å². The van der Waals surface area contributed by atoms with Crippen LogP contribution >= 0.6 is 0 Å². The average Bonchev–Trinajstić information content (AvgIpc) is 2.46. The molecule has 0 atom stereocenters. The Morgan fingerprint density at radius 2 is 1.79 bits per heavy atom. The van der Waals surface area contributed by atoms with Gasteiger partial charge in [0, 0.05) is 5.56 Å². The van der Waals surface area contributed by atoms with E-state index < -0.39 is 0 Å². The molecule has 1 heteroatoms. The van der Waals surface area contributed by atoms with E-state index in [0.717, 1.165) is 29.7 Å². The summed E-state index contributed by atoms with van der Waals surface area (Å²) in [6.07, 6.45) is 10.3. The van der Waals surface area contributed by atoms with Crippen molar-refractivity contribution in [2.45, 2.75) is 32.6 Å². The molecule has 0 aliphatic carbocycles. The fourth-order valence-corrected chi connectivity index (χ4v) is 2.12. The van der Waals surface area contributed by atoms with Gasteiger partial charge < -0.3 is 4.74 Å². The highest BCUT2D eigenvalue weighted by atomic mass is 16.5. The molecule has 0 heterocycles. The van der Waals surface area contributed by atoms with E-state index in [2.05, 4.69) is 31.0 Å². The third kappa shape index (κ3) is 3.76. The van der Waals surface area contributed by atoms with Crippen LogP contribution < -0.4 is 4.74 Å². The lowest BCUT2D eigenvalue weighted by Crippen LogP contribution is -1.97. The van der Waals surface area contributed by atoms with E-state index in [9.17, 15) is 0 Å². The Labute approximate surface area is 115 Å². The quantitative estimate of drug-likeness (QED) is 0.531. The van der Waals surface area contributed by atoms with Crippen LogP contribution in [0.5, 0.6) is 5.75 Å². The lowest BCUT2D eigenvalue weighted by molar-refractivity contribution is 0.305. The summed E-state index contributed by atoms with van der Waals surface area (Å²) in [5.41, 5.74) is 0.917. The van der Waals surface area contributed by atoms with Crippen LogP contribution in [0, 0.1) is 12.3 Å². The van der Waals surface area contributed by atoms with Crippen LogP contribution in [0.3, 0.4) is 0 Å². The molecule has 2 aromatic rings. The van der Waals surface area contributed by atoms with Gasteiger partial charge in [0.25, 0.3) is 0 Å². The molecule has 0 radical (unpaired) electrons. The summed E-state index contributed by atoms with van der Waals surface area (Å²) in [6, 6.07) is 12.2. The zero-order valence-electron chi connectivity index (χ0n) is 11.5. The van der Waals surface area contributed by atoms with Crippen molar-refractivity contribution in [2.75, 3.05) is 6.61 Å². The number of benzene rings is 2. The molecule has 2 aromatic carbocycles. The first-order chi connectivity index (χ1) is 9.33. The number of fused-ring (bicyclic) bond motifs is 1. The van der Waals surface area contributed by atoms with Gasteiger partial charge in [0.1, 0.15) is 5.75 Å². The molecular formula is C18H20O. The Morgan fingerprint density at radius 1 is 1.00 bits per heavy atom. The molecule has 0 aliphatic rings. The van der Waals surface area contributed by atoms with Gasteiger partial charge >= 0.3 is 0 Å². The molecule has 0 amide bonds. The second-order valence-corrected chi connectivity index (χ2v) is 4.78. The van der Waals surface area contributed by atoms with Gasteiger partial charge in [0.2, 0.25) is 0 Å². The molecule has 0 saturated carbocycles. The number of terminal acetylenes is 1. The van der Waals surface area contributed by atoms with Crippen LogP contribution in [0.15, 0.2) is 36.4 Å². The first kappa shape index (κ1) is 13.5. The Hall–Kier alpha value is -1.94. The molecule has 98 valence electrons. The highest BCUT2D eigenvalue weighted by molar-refractivity contribution is 5.85. The molecule has 0 aromatic heterocycles. The van der Waals surface area contributed by atoms with Gasteiger partial charge in [-0.15, -0.1) is 6.42 Å². The minimum absolute atomic E-state index is 0.800. The van der Waals surface area contributed by atoms with Crippen molar-refractivity contribution in [2.24, 2.45) is 0 Å². The zero-order chi connectivity index (χ0) is 13.5. The molecule has 0 spiro atoms. The van der Waals surface area contributed by atoms with Gasteiger partial charge in [-0.05, 0) is 41.5 Å². The third-order valence-electron chi connectivity index (χ3n) is 3.24.